The van der Waals surface area contributed by atoms with Crippen LogP contribution in [0.4, 0.5) is 4.39 Å². The Kier molecular flexibility index (Phi) is 8.66. The van der Waals surface area contributed by atoms with Gasteiger partial charge in [0.25, 0.3) is 0 Å². The minimum atomic E-state index is -0.321. The molecule has 0 saturated heterocycles. The molecule has 156 valence electrons. The van der Waals surface area contributed by atoms with E-state index < -0.39 is 0 Å². The number of hydrogen-bond donors (Lipinski definition) is 1. The Balaban J connectivity index is 0.00000280. The molecule has 1 aromatic heterocycles. The Morgan fingerprint density at radius 1 is 1.32 bits per heavy atom. The normalized spacial score (nSPS) is 21.9. The van der Waals surface area contributed by atoms with E-state index in [1.165, 1.54) is 12.1 Å². The fourth-order valence-electron chi connectivity index (χ4n) is 3.65. The van der Waals surface area contributed by atoms with Crippen LogP contribution in [0.1, 0.15) is 56.6 Å². The van der Waals surface area contributed by atoms with Gasteiger partial charge in [-0.2, -0.15) is 5.10 Å². The molecular weight excluding hydrogens is 383 g/mol. The highest BCUT2D eigenvalue weighted by Crippen LogP contribution is 2.32. The van der Waals surface area contributed by atoms with E-state index in [2.05, 4.69) is 12.0 Å². The number of ether oxygens (including phenoxy) is 2. The van der Waals surface area contributed by atoms with E-state index in [1.54, 1.807) is 19.2 Å². The molecule has 3 atom stereocenters. The van der Waals surface area contributed by atoms with Crippen molar-refractivity contribution in [3.8, 4) is 5.75 Å². The van der Waals surface area contributed by atoms with Crippen LogP contribution in [0.25, 0.3) is 0 Å². The maximum Gasteiger partial charge on any atom is 0.188 e. The van der Waals surface area contributed by atoms with Crippen molar-refractivity contribution in [1.29, 1.82) is 0 Å². The lowest BCUT2D eigenvalue weighted by molar-refractivity contribution is 0.0479. The smallest absolute Gasteiger partial charge is 0.188 e. The molecule has 1 heterocycles. The third kappa shape index (κ3) is 5.65. The number of nitrogens with zero attached hydrogens (tertiary/aromatic N) is 3. The summed E-state index contributed by atoms with van der Waals surface area (Å²) < 4.78 is 26.4. The van der Waals surface area contributed by atoms with Gasteiger partial charge in [-0.15, -0.1) is 12.4 Å². The van der Waals surface area contributed by atoms with Gasteiger partial charge in [0.2, 0.25) is 0 Å². The van der Waals surface area contributed by atoms with Crippen molar-refractivity contribution < 1.29 is 13.9 Å². The van der Waals surface area contributed by atoms with Crippen molar-refractivity contribution in [2.45, 2.75) is 70.2 Å². The zero-order valence-corrected chi connectivity index (χ0v) is 17.3. The van der Waals surface area contributed by atoms with E-state index in [0.717, 1.165) is 44.5 Å². The van der Waals surface area contributed by atoms with Crippen molar-refractivity contribution in [3.63, 3.8) is 0 Å². The summed E-state index contributed by atoms with van der Waals surface area (Å²) in [6.07, 6.45) is 5.00. The molecule has 1 saturated carbocycles. The summed E-state index contributed by atoms with van der Waals surface area (Å²) in [7, 11) is 1.72. The predicted octanol–water partition coefficient (Wildman–Crippen LogP) is 3.83. The largest absolute Gasteiger partial charge is 0.485 e. The molecule has 8 heteroatoms. The lowest BCUT2D eigenvalue weighted by atomic mass is 9.83. The lowest BCUT2D eigenvalue weighted by Gasteiger charge is -2.32. The molecule has 0 amide bonds. The van der Waals surface area contributed by atoms with Gasteiger partial charge in [0.1, 0.15) is 24.0 Å². The summed E-state index contributed by atoms with van der Waals surface area (Å²) in [6, 6.07) is 6.11. The van der Waals surface area contributed by atoms with Crippen LogP contribution < -0.4 is 10.5 Å². The van der Waals surface area contributed by atoms with E-state index in [4.69, 9.17) is 20.2 Å². The molecule has 2 aromatic rings. The molecule has 0 spiro atoms. The van der Waals surface area contributed by atoms with Crippen LogP contribution >= 0.6 is 12.4 Å². The van der Waals surface area contributed by atoms with Gasteiger partial charge in [0, 0.05) is 31.7 Å². The molecule has 1 aliphatic rings. The van der Waals surface area contributed by atoms with Crippen molar-refractivity contribution >= 4 is 12.4 Å². The van der Waals surface area contributed by atoms with Gasteiger partial charge >= 0.3 is 0 Å². The second-order valence-electron chi connectivity index (χ2n) is 7.16. The topological polar surface area (TPSA) is 75.2 Å². The van der Waals surface area contributed by atoms with Gasteiger partial charge in [-0.25, -0.2) is 14.1 Å². The number of nitrogens with two attached hydrogens (primary N) is 1. The molecule has 0 bridgehead atoms. The number of aryl methyl sites for hydroxylation is 1. The summed E-state index contributed by atoms with van der Waals surface area (Å²) in [5.74, 6) is 2.03. The van der Waals surface area contributed by atoms with Crippen LogP contribution in [-0.2, 0) is 17.9 Å². The summed E-state index contributed by atoms with van der Waals surface area (Å²) in [4.78, 5) is 4.75. The molecule has 1 fully saturated rings. The van der Waals surface area contributed by atoms with Crippen molar-refractivity contribution in [3.05, 3.63) is 41.7 Å². The van der Waals surface area contributed by atoms with E-state index in [9.17, 15) is 4.39 Å². The first-order valence-electron chi connectivity index (χ1n) is 9.71. The number of unbranched alkanes of at least 4 members (excludes halogenated alkanes) is 1. The number of methoxy groups -OCH3 is 1. The minimum Gasteiger partial charge on any atom is -0.485 e. The fourth-order valence-corrected chi connectivity index (χ4v) is 3.65. The predicted molar refractivity (Wildman–Crippen MR) is 108 cm³/mol. The number of rotatable bonds is 8. The maximum absolute atomic E-state index is 13.3. The van der Waals surface area contributed by atoms with Crippen molar-refractivity contribution in [2.75, 3.05) is 7.11 Å². The molecule has 1 aromatic carbocycles. The van der Waals surface area contributed by atoms with E-state index in [0.29, 0.717) is 11.6 Å². The molecular formula is C20H30ClFN4O2. The molecule has 0 aliphatic heterocycles. The SMILES string of the molecule is CCCCn1nc(COc2cccc(F)c2)nc1[C@H]1CC[C@@H](OC)[C@H](N)C1.Cl. The average molecular weight is 413 g/mol. The quantitative estimate of drug-likeness (QED) is 0.713. The summed E-state index contributed by atoms with van der Waals surface area (Å²) >= 11 is 0. The third-order valence-electron chi connectivity index (χ3n) is 5.13. The first-order valence-corrected chi connectivity index (χ1v) is 9.71. The Labute approximate surface area is 172 Å². The molecule has 0 radical (unpaired) electrons. The second-order valence-corrected chi connectivity index (χ2v) is 7.16. The summed E-state index contributed by atoms with van der Waals surface area (Å²) in [5, 5.41) is 4.64. The Morgan fingerprint density at radius 2 is 2.14 bits per heavy atom. The van der Waals surface area contributed by atoms with Crippen molar-refractivity contribution in [1.82, 2.24) is 14.8 Å². The molecule has 2 N–H and O–H groups in total. The molecule has 3 rings (SSSR count). The van der Waals surface area contributed by atoms with E-state index >= 15 is 0 Å². The molecule has 0 unspecified atom stereocenters. The molecule has 6 nitrogen and oxygen atoms in total. The van der Waals surface area contributed by atoms with E-state index in [-0.39, 0.29) is 42.9 Å². The van der Waals surface area contributed by atoms with Crippen LogP contribution in [0.5, 0.6) is 5.75 Å². The van der Waals surface area contributed by atoms with Crippen LogP contribution in [0.15, 0.2) is 24.3 Å². The second kappa shape index (κ2) is 10.7. The highest BCUT2D eigenvalue weighted by atomic mass is 35.5. The summed E-state index contributed by atoms with van der Waals surface area (Å²) in [6.45, 7) is 3.21. The van der Waals surface area contributed by atoms with Gasteiger partial charge in [-0.05, 0) is 37.8 Å². The van der Waals surface area contributed by atoms with Gasteiger partial charge in [0.15, 0.2) is 5.82 Å². The standard InChI is InChI=1S/C20H29FN4O2.ClH/c1-3-4-10-25-20(14-8-9-18(26-2)17(22)11-14)23-19(24-25)13-27-16-7-5-6-15(21)12-16;/h5-7,12,14,17-18H,3-4,8-11,13,22H2,1-2H3;1H/t14-,17+,18+;/m0./s1. The first kappa shape index (κ1) is 22.6. The Hall–Kier alpha value is -1.70. The highest BCUT2D eigenvalue weighted by Gasteiger charge is 2.31. The van der Waals surface area contributed by atoms with Crippen LogP contribution in [0.3, 0.4) is 0 Å². The highest BCUT2D eigenvalue weighted by molar-refractivity contribution is 5.85. The monoisotopic (exact) mass is 412 g/mol. The number of hydrogen-bond acceptors (Lipinski definition) is 5. The fraction of sp³-hybridized carbons (Fsp3) is 0.600. The zero-order valence-electron chi connectivity index (χ0n) is 16.5. The van der Waals surface area contributed by atoms with Crippen molar-refractivity contribution in [2.24, 2.45) is 5.73 Å². The third-order valence-corrected chi connectivity index (χ3v) is 5.13. The number of aromatic nitrogens is 3. The first-order chi connectivity index (χ1) is 13.1. The van der Waals surface area contributed by atoms with Gasteiger partial charge in [-0.3, -0.25) is 0 Å². The minimum absolute atomic E-state index is 0. The Morgan fingerprint density at radius 3 is 2.82 bits per heavy atom. The number of benzene rings is 1. The van der Waals surface area contributed by atoms with E-state index in [1.807, 2.05) is 4.68 Å². The maximum atomic E-state index is 13.3. The molecule has 28 heavy (non-hydrogen) atoms. The molecule has 1 aliphatic carbocycles. The van der Waals surface area contributed by atoms with Gasteiger partial charge in [0.05, 0.1) is 6.10 Å². The lowest BCUT2D eigenvalue weighted by Crippen LogP contribution is -2.41. The zero-order chi connectivity index (χ0) is 19.2. The summed E-state index contributed by atoms with van der Waals surface area (Å²) in [5.41, 5.74) is 6.28. The number of halogens is 2. The average Bonchev–Trinajstić information content (AvgIpc) is 3.08. The Bertz CT molecular complexity index is 743. The van der Waals surface area contributed by atoms with Crippen LogP contribution in [0, 0.1) is 5.82 Å². The van der Waals surface area contributed by atoms with Crippen LogP contribution in [-0.4, -0.2) is 34.0 Å². The van der Waals surface area contributed by atoms with Crippen LogP contribution in [0.2, 0.25) is 0 Å². The van der Waals surface area contributed by atoms with Gasteiger partial charge < -0.3 is 15.2 Å². The van der Waals surface area contributed by atoms with Gasteiger partial charge in [-0.1, -0.05) is 19.4 Å².